The number of nitrogens with two attached hydrogens (primary N) is 1. The average Bonchev–Trinajstić information content (AvgIpc) is 2.42. The Morgan fingerprint density at radius 3 is 2.84 bits per heavy atom. The lowest BCUT2D eigenvalue weighted by Crippen LogP contribution is -1.98. The van der Waals surface area contributed by atoms with Crippen LogP contribution in [0.5, 0.6) is 0 Å². The molecule has 19 heavy (non-hydrogen) atoms. The summed E-state index contributed by atoms with van der Waals surface area (Å²) in [5, 5.41) is 9.15. The SMILES string of the molecule is N#Cc1cc(CS(=O)c2ccc(N)c(Cl)c2)ccn1. The van der Waals surface area contributed by atoms with Crippen molar-refractivity contribution in [3.8, 4) is 6.07 Å². The van der Waals surface area contributed by atoms with E-state index in [1.165, 1.54) is 6.20 Å². The van der Waals surface area contributed by atoms with E-state index >= 15 is 0 Å². The molecule has 96 valence electrons. The third-order valence-corrected chi connectivity index (χ3v) is 4.17. The fourth-order valence-corrected chi connectivity index (χ4v) is 2.87. The van der Waals surface area contributed by atoms with E-state index < -0.39 is 10.8 Å². The monoisotopic (exact) mass is 291 g/mol. The molecule has 1 unspecified atom stereocenters. The lowest BCUT2D eigenvalue weighted by molar-refractivity contribution is 0.682. The van der Waals surface area contributed by atoms with Gasteiger partial charge >= 0.3 is 0 Å². The van der Waals surface area contributed by atoms with Crippen LogP contribution in [0, 0.1) is 11.3 Å². The second kappa shape index (κ2) is 5.83. The van der Waals surface area contributed by atoms with Gasteiger partial charge in [-0.25, -0.2) is 4.98 Å². The molecule has 4 nitrogen and oxygen atoms in total. The number of aromatic nitrogens is 1. The Labute approximate surface area is 118 Å². The highest BCUT2D eigenvalue weighted by atomic mass is 35.5. The Hall–Kier alpha value is -1.90. The molecule has 0 aliphatic heterocycles. The summed E-state index contributed by atoms with van der Waals surface area (Å²) >= 11 is 5.90. The lowest BCUT2D eigenvalue weighted by Gasteiger charge is -2.05. The van der Waals surface area contributed by atoms with E-state index in [9.17, 15) is 4.21 Å². The topological polar surface area (TPSA) is 79.8 Å². The van der Waals surface area contributed by atoms with Gasteiger partial charge < -0.3 is 5.73 Å². The maximum atomic E-state index is 12.2. The molecule has 2 N–H and O–H groups in total. The van der Waals surface area contributed by atoms with Gasteiger partial charge in [0.2, 0.25) is 0 Å². The third kappa shape index (κ3) is 3.31. The minimum absolute atomic E-state index is 0.303. The van der Waals surface area contributed by atoms with Gasteiger partial charge in [-0.3, -0.25) is 4.21 Å². The predicted octanol–water partition coefficient (Wildman–Crippen LogP) is 2.50. The first kappa shape index (κ1) is 13.5. The molecule has 1 atom stereocenters. The molecular weight excluding hydrogens is 282 g/mol. The Balaban J connectivity index is 2.21. The highest BCUT2D eigenvalue weighted by Gasteiger charge is 2.08. The minimum atomic E-state index is -1.24. The zero-order valence-electron chi connectivity index (χ0n) is 9.84. The Bertz CT molecular complexity index is 682. The molecule has 1 aromatic carbocycles. The summed E-state index contributed by atoms with van der Waals surface area (Å²) in [6.07, 6.45) is 1.53. The minimum Gasteiger partial charge on any atom is -0.398 e. The highest BCUT2D eigenvalue weighted by molar-refractivity contribution is 7.84. The molecule has 1 aromatic heterocycles. The van der Waals surface area contributed by atoms with E-state index in [0.29, 0.717) is 27.1 Å². The summed E-state index contributed by atoms with van der Waals surface area (Å²) in [5.41, 5.74) is 7.16. The van der Waals surface area contributed by atoms with E-state index in [4.69, 9.17) is 22.6 Å². The second-order valence-corrected chi connectivity index (χ2v) is 5.69. The first-order valence-corrected chi connectivity index (χ1v) is 7.08. The summed E-state index contributed by atoms with van der Waals surface area (Å²) in [5.74, 6) is 0.303. The maximum Gasteiger partial charge on any atom is 0.140 e. The number of nitriles is 1. The fourth-order valence-electron chi connectivity index (χ4n) is 1.51. The van der Waals surface area contributed by atoms with Gasteiger partial charge in [0.25, 0.3) is 0 Å². The largest absolute Gasteiger partial charge is 0.398 e. The van der Waals surface area contributed by atoms with E-state index in [0.717, 1.165) is 5.56 Å². The Kier molecular flexibility index (Phi) is 4.15. The third-order valence-electron chi connectivity index (χ3n) is 2.47. The summed E-state index contributed by atoms with van der Waals surface area (Å²) < 4.78 is 12.2. The number of nitrogens with zero attached hydrogens (tertiary/aromatic N) is 2. The smallest absolute Gasteiger partial charge is 0.140 e. The number of pyridine rings is 1. The van der Waals surface area contributed by atoms with Gasteiger partial charge in [-0.15, -0.1) is 0 Å². The maximum absolute atomic E-state index is 12.2. The molecule has 0 aliphatic rings. The van der Waals surface area contributed by atoms with Crippen LogP contribution < -0.4 is 5.73 Å². The van der Waals surface area contributed by atoms with Crippen molar-refractivity contribution >= 4 is 28.1 Å². The molecule has 0 saturated carbocycles. The highest BCUT2D eigenvalue weighted by Crippen LogP contribution is 2.22. The van der Waals surface area contributed by atoms with Crippen LogP contribution in [-0.4, -0.2) is 9.19 Å². The van der Waals surface area contributed by atoms with Gasteiger partial charge in [-0.05, 0) is 35.9 Å². The van der Waals surface area contributed by atoms with Crippen molar-refractivity contribution in [1.29, 1.82) is 5.26 Å². The molecular formula is C13H10ClN3OS. The summed E-state index contributed by atoms with van der Waals surface area (Å²) in [6.45, 7) is 0. The van der Waals surface area contributed by atoms with Gasteiger partial charge in [0.15, 0.2) is 0 Å². The van der Waals surface area contributed by atoms with E-state index in [1.807, 2.05) is 6.07 Å². The van der Waals surface area contributed by atoms with Crippen molar-refractivity contribution < 1.29 is 4.21 Å². The molecule has 0 bridgehead atoms. The van der Waals surface area contributed by atoms with Crippen LogP contribution in [0.4, 0.5) is 5.69 Å². The summed E-state index contributed by atoms with van der Waals surface area (Å²) in [7, 11) is -1.24. The fraction of sp³-hybridized carbons (Fsp3) is 0.0769. The first-order valence-electron chi connectivity index (χ1n) is 5.38. The molecule has 2 aromatic rings. The van der Waals surface area contributed by atoms with Gasteiger partial charge in [-0.1, -0.05) is 11.6 Å². The van der Waals surface area contributed by atoms with Gasteiger partial charge in [0, 0.05) is 11.1 Å². The average molecular weight is 292 g/mol. The van der Waals surface area contributed by atoms with Crippen molar-refractivity contribution in [2.45, 2.75) is 10.6 Å². The normalized spacial score (nSPS) is 11.8. The molecule has 2 rings (SSSR count). The van der Waals surface area contributed by atoms with Crippen LogP contribution in [0.2, 0.25) is 5.02 Å². The van der Waals surface area contributed by atoms with Crippen LogP contribution in [0.1, 0.15) is 11.3 Å². The zero-order valence-corrected chi connectivity index (χ0v) is 11.4. The number of halogens is 1. The van der Waals surface area contributed by atoms with Crippen LogP contribution >= 0.6 is 11.6 Å². The molecule has 0 spiro atoms. The molecule has 0 aliphatic carbocycles. The van der Waals surface area contributed by atoms with Crippen molar-refractivity contribution in [3.05, 3.63) is 52.8 Å². The van der Waals surface area contributed by atoms with Crippen molar-refractivity contribution in [2.75, 3.05) is 5.73 Å². The summed E-state index contributed by atoms with van der Waals surface area (Å²) in [6, 6.07) is 10.2. The number of hydrogen-bond acceptors (Lipinski definition) is 4. The zero-order chi connectivity index (χ0) is 13.8. The summed E-state index contributed by atoms with van der Waals surface area (Å²) in [4.78, 5) is 4.47. The standard InChI is InChI=1S/C13H10ClN3OS/c14-12-6-11(1-2-13(12)16)19(18)8-9-3-4-17-10(5-9)7-15/h1-6H,8,16H2. The molecule has 0 amide bonds. The van der Waals surface area contributed by atoms with E-state index in [2.05, 4.69) is 4.98 Å². The van der Waals surface area contributed by atoms with E-state index in [1.54, 1.807) is 30.3 Å². The van der Waals surface area contributed by atoms with Crippen LogP contribution in [0.3, 0.4) is 0 Å². The number of hydrogen-bond donors (Lipinski definition) is 1. The number of anilines is 1. The Morgan fingerprint density at radius 1 is 1.37 bits per heavy atom. The Morgan fingerprint density at radius 2 is 2.16 bits per heavy atom. The number of benzene rings is 1. The number of nitrogen functional groups attached to an aromatic ring is 1. The lowest BCUT2D eigenvalue weighted by atomic mass is 10.2. The van der Waals surface area contributed by atoms with Crippen molar-refractivity contribution in [1.82, 2.24) is 4.98 Å². The second-order valence-electron chi connectivity index (χ2n) is 3.83. The molecule has 0 fully saturated rings. The predicted molar refractivity (Wildman–Crippen MR) is 74.9 cm³/mol. The van der Waals surface area contributed by atoms with Gasteiger partial charge in [-0.2, -0.15) is 5.26 Å². The first-order chi connectivity index (χ1) is 9.10. The molecule has 1 heterocycles. The van der Waals surface area contributed by atoms with Gasteiger partial charge in [0.1, 0.15) is 11.8 Å². The van der Waals surface area contributed by atoms with Crippen molar-refractivity contribution in [3.63, 3.8) is 0 Å². The van der Waals surface area contributed by atoms with Crippen LogP contribution in [0.25, 0.3) is 0 Å². The molecule has 0 saturated heterocycles. The van der Waals surface area contributed by atoms with E-state index in [-0.39, 0.29) is 0 Å². The quantitative estimate of drug-likeness (QED) is 0.881. The molecule has 0 radical (unpaired) electrons. The van der Waals surface area contributed by atoms with Crippen molar-refractivity contribution in [2.24, 2.45) is 0 Å². The van der Waals surface area contributed by atoms with Crippen LogP contribution in [-0.2, 0) is 16.6 Å². The van der Waals surface area contributed by atoms with Crippen LogP contribution in [0.15, 0.2) is 41.4 Å². The molecule has 6 heteroatoms. The number of rotatable bonds is 3. The van der Waals surface area contributed by atoms with Gasteiger partial charge in [0.05, 0.1) is 27.3 Å².